The van der Waals surface area contributed by atoms with Crippen molar-refractivity contribution >= 4 is 23.3 Å². The predicted molar refractivity (Wildman–Crippen MR) is 126 cm³/mol. The van der Waals surface area contributed by atoms with Crippen LogP contribution >= 0.6 is 12.4 Å². The highest BCUT2D eigenvalue weighted by molar-refractivity contribution is 5.85. The number of aliphatic hydroxyl groups excluding tert-OH is 1. The van der Waals surface area contributed by atoms with Gasteiger partial charge in [0.1, 0.15) is 12.4 Å². The highest BCUT2D eigenvalue weighted by Gasteiger charge is 2.23. The molecule has 0 amide bonds. The van der Waals surface area contributed by atoms with Crippen molar-refractivity contribution in [3.63, 3.8) is 0 Å². The molecule has 1 saturated heterocycles. The van der Waals surface area contributed by atoms with Crippen LogP contribution in [0.2, 0.25) is 0 Å². The lowest BCUT2D eigenvalue weighted by molar-refractivity contribution is 0.192. The Morgan fingerprint density at radius 3 is 2.72 bits per heavy atom. The van der Waals surface area contributed by atoms with Crippen molar-refractivity contribution in [3.8, 4) is 11.4 Å². The van der Waals surface area contributed by atoms with Gasteiger partial charge >= 0.3 is 0 Å². The van der Waals surface area contributed by atoms with Crippen LogP contribution in [0.3, 0.4) is 0 Å². The molecule has 166 valence electrons. The molecule has 0 aliphatic carbocycles. The second-order valence-corrected chi connectivity index (χ2v) is 7.91. The Bertz CT molecular complexity index is 1260. The highest BCUT2D eigenvalue weighted by Crippen LogP contribution is 2.20. The number of hydrogen-bond donors (Lipinski definition) is 2. The van der Waals surface area contributed by atoms with Crippen LogP contribution < -0.4 is 15.6 Å². The van der Waals surface area contributed by atoms with Crippen LogP contribution in [-0.4, -0.2) is 38.1 Å². The van der Waals surface area contributed by atoms with Crippen LogP contribution in [0.5, 0.6) is 5.75 Å². The van der Waals surface area contributed by atoms with E-state index in [0.717, 1.165) is 28.6 Å². The maximum atomic E-state index is 12.7. The minimum absolute atomic E-state index is 0. The molecule has 4 aromatic rings. The Labute approximate surface area is 191 Å². The van der Waals surface area contributed by atoms with E-state index in [4.69, 9.17) is 4.74 Å². The van der Waals surface area contributed by atoms with Gasteiger partial charge in [-0.3, -0.25) is 14.0 Å². The fraction of sp³-hybridized carbons (Fsp3) is 0.250. The summed E-state index contributed by atoms with van der Waals surface area (Å²) in [5.41, 5.74) is 2.68. The van der Waals surface area contributed by atoms with Gasteiger partial charge in [0.2, 0.25) is 0 Å². The molecule has 0 radical (unpaired) electrons. The quantitative estimate of drug-likeness (QED) is 0.470. The topological polar surface area (TPSA) is 81.3 Å². The smallest absolute Gasteiger partial charge is 0.258 e. The molecule has 8 heteroatoms. The van der Waals surface area contributed by atoms with E-state index in [0.29, 0.717) is 25.4 Å². The maximum Gasteiger partial charge on any atom is 0.258 e. The van der Waals surface area contributed by atoms with E-state index >= 15 is 0 Å². The largest absolute Gasteiger partial charge is 0.489 e. The zero-order valence-electron chi connectivity index (χ0n) is 17.4. The minimum atomic E-state index is -0.287. The summed E-state index contributed by atoms with van der Waals surface area (Å²) in [4.78, 5) is 12.7. The van der Waals surface area contributed by atoms with E-state index in [1.165, 1.54) is 6.07 Å². The number of nitrogens with zero attached hydrogens (tertiary/aromatic N) is 3. The summed E-state index contributed by atoms with van der Waals surface area (Å²) in [5, 5.41) is 18.5. The Balaban J connectivity index is 0.00000245. The van der Waals surface area contributed by atoms with Gasteiger partial charge in [0.05, 0.1) is 24.4 Å². The standard InChI is InChI=1S/C24H24N4O3.ClH/c29-21-11-19(25-14-21)15-28-23-7-6-20(10-18(23)13-26-28)27-9-8-22(12-24(27)30)31-16-17-4-2-1-3-5-17;/h1-10,12-13,19,21,25,29H,11,14-16H2;1H. The number of ether oxygens (including phenoxy) is 1. The molecule has 7 nitrogen and oxygen atoms in total. The lowest BCUT2D eigenvalue weighted by atomic mass is 10.2. The number of halogens is 1. The summed E-state index contributed by atoms with van der Waals surface area (Å²) in [6.45, 7) is 1.75. The summed E-state index contributed by atoms with van der Waals surface area (Å²) in [6, 6.07) is 19.2. The third kappa shape index (κ3) is 4.70. The number of β-amino-alcohol motifs (C(OH)–C–C–N with tert-alkyl or cyclic N) is 1. The van der Waals surface area contributed by atoms with Gasteiger partial charge in [-0.2, -0.15) is 5.10 Å². The van der Waals surface area contributed by atoms with Gasteiger partial charge in [-0.15, -0.1) is 12.4 Å². The summed E-state index contributed by atoms with van der Waals surface area (Å²) in [6.07, 6.45) is 3.99. The fourth-order valence-electron chi connectivity index (χ4n) is 4.02. The van der Waals surface area contributed by atoms with Gasteiger partial charge in [0.15, 0.2) is 0 Å². The number of aromatic nitrogens is 3. The second-order valence-electron chi connectivity index (χ2n) is 7.91. The molecule has 2 aromatic carbocycles. The highest BCUT2D eigenvalue weighted by atomic mass is 35.5. The Morgan fingerprint density at radius 2 is 1.97 bits per heavy atom. The van der Waals surface area contributed by atoms with E-state index in [-0.39, 0.29) is 30.1 Å². The van der Waals surface area contributed by atoms with Gasteiger partial charge in [-0.05, 0) is 36.2 Å². The zero-order valence-corrected chi connectivity index (χ0v) is 18.2. The molecule has 2 atom stereocenters. The molecule has 32 heavy (non-hydrogen) atoms. The molecule has 2 N–H and O–H groups in total. The summed E-state index contributed by atoms with van der Waals surface area (Å²) in [7, 11) is 0. The number of benzene rings is 2. The Morgan fingerprint density at radius 1 is 1.12 bits per heavy atom. The summed E-state index contributed by atoms with van der Waals surface area (Å²) >= 11 is 0. The molecule has 2 aromatic heterocycles. The third-order valence-corrected chi connectivity index (χ3v) is 5.64. The number of nitrogens with one attached hydrogen (secondary N) is 1. The molecule has 2 unspecified atom stereocenters. The number of rotatable bonds is 6. The number of aliphatic hydroxyl groups is 1. The number of fused-ring (bicyclic) bond motifs is 1. The fourth-order valence-corrected chi connectivity index (χ4v) is 4.02. The normalized spacial score (nSPS) is 17.9. The zero-order chi connectivity index (χ0) is 21.2. The minimum Gasteiger partial charge on any atom is -0.489 e. The van der Waals surface area contributed by atoms with Gasteiger partial charge in [0.25, 0.3) is 5.56 Å². The molecule has 1 aliphatic heterocycles. The van der Waals surface area contributed by atoms with Crippen molar-refractivity contribution in [2.24, 2.45) is 0 Å². The van der Waals surface area contributed by atoms with Crippen LogP contribution in [0, 0.1) is 0 Å². The van der Waals surface area contributed by atoms with Crippen LogP contribution in [0.15, 0.2) is 77.9 Å². The first-order chi connectivity index (χ1) is 15.2. The molecular weight excluding hydrogens is 428 g/mol. The van der Waals surface area contributed by atoms with Crippen LogP contribution in [-0.2, 0) is 13.2 Å². The van der Waals surface area contributed by atoms with E-state index in [9.17, 15) is 9.90 Å². The van der Waals surface area contributed by atoms with E-state index in [1.54, 1.807) is 16.8 Å². The Hall–Kier alpha value is -3.13. The van der Waals surface area contributed by atoms with E-state index in [2.05, 4.69) is 10.4 Å². The van der Waals surface area contributed by atoms with Crippen molar-refractivity contribution in [3.05, 3.63) is 89.0 Å². The molecule has 1 fully saturated rings. The maximum absolute atomic E-state index is 12.7. The Kier molecular flexibility index (Phi) is 6.60. The molecule has 0 bridgehead atoms. The van der Waals surface area contributed by atoms with Gasteiger partial charge in [0, 0.05) is 35.9 Å². The van der Waals surface area contributed by atoms with Crippen molar-refractivity contribution in [2.45, 2.75) is 31.7 Å². The van der Waals surface area contributed by atoms with Crippen molar-refractivity contribution < 1.29 is 9.84 Å². The second kappa shape index (κ2) is 9.56. The monoisotopic (exact) mass is 452 g/mol. The van der Waals surface area contributed by atoms with Gasteiger partial charge in [-0.1, -0.05) is 30.3 Å². The van der Waals surface area contributed by atoms with Crippen molar-refractivity contribution in [1.29, 1.82) is 0 Å². The average molecular weight is 453 g/mol. The average Bonchev–Trinajstić information content (AvgIpc) is 3.38. The third-order valence-electron chi connectivity index (χ3n) is 5.64. The van der Waals surface area contributed by atoms with E-state index < -0.39 is 0 Å². The number of pyridine rings is 1. The summed E-state index contributed by atoms with van der Waals surface area (Å²) < 4.78 is 9.30. The van der Waals surface area contributed by atoms with Crippen LogP contribution in [0.25, 0.3) is 16.6 Å². The first kappa shape index (κ1) is 22.1. The predicted octanol–water partition coefficient (Wildman–Crippen LogP) is 2.91. The molecule has 5 rings (SSSR count). The van der Waals surface area contributed by atoms with Crippen LogP contribution in [0.4, 0.5) is 0 Å². The number of hydrogen-bond acceptors (Lipinski definition) is 5. The van der Waals surface area contributed by atoms with Gasteiger partial charge in [-0.25, -0.2) is 0 Å². The van der Waals surface area contributed by atoms with E-state index in [1.807, 2.05) is 59.4 Å². The van der Waals surface area contributed by atoms with Crippen molar-refractivity contribution in [1.82, 2.24) is 19.7 Å². The molecular formula is C24H25ClN4O3. The SMILES string of the molecule is Cl.O=c1cc(OCc2ccccc2)ccn1-c1ccc2c(cnn2CC2CC(O)CN2)c1. The summed E-state index contributed by atoms with van der Waals surface area (Å²) in [5.74, 6) is 0.547. The molecule has 1 aliphatic rings. The lowest BCUT2D eigenvalue weighted by Gasteiger charge is -2.12. The molecule has 0 saturated carbocycles. The molecule has 3 heterocycles. The van der Waals surface area contributed by atoms with Crippen molar-refractivity contribution in [2.75, 3.05) is 6.54 Å². The van der Waals surface area contributed by atoms with Gasteiger partial charge < -0.3 is 15.2 Å². The first-order valence-electron chi connectivity index (χ1n) is 10.4. The van der Waals surface area contributed by atoms with Crippen LogP contribution in [0.1, 0.15) is 12.0 Å². The lowest BCUT2D eigenvalue weighted by Crippen LogP contribution is -2.27. The molecule has 0 spiro atoms. The first-order valence-corrected chi connectivity index (χ1v) is 10.4.